The molecule has 0 spiro atoms. The van der Waals surface area contributed by atoms with Crippen LogP contribution >= 0.6 is 12.2 Å². The van der Waals surface area contributed by atoms with Gasteiger partial charge >= 0.3 is 5.97 Å². The van der Waals surface area contributed by atoms with Gasteiger partial charge in [-0.1, -0.05) is 30.3 Å². The van der Waals surface area contributed by atoms with Crippen LogP contribution in [0.5, 0.6) is 0 Å². The Morgan fingerprint density at radius 1 is 1.50 bits per heavy atom. The summed E-state index contributed by atoms with van der Waals surface area (Å²) >= 11 is 4.38. The van der Waals surface area contributed by atoms with Gasteiger partial charge in [-0.15, -0.1) is 0 Å². The number of carboxylic acid groups (broad SMARTS) is 1. The van der Waals surface area contributed by atoms with E-state index in [0.29, 0.717) is 6.42 Å². The van der Waals surface area contributed by atoms with Gasteiger partial charge in [0.15, 0.2) is 6.04 Å². The maximum Gasteiger partial charge on any atom is 0.329 e. The van der Waals surface area contributed by atoms with Crippen molar-refractivity contribution in [2.45, 2.75) is 12.5 Å². The summed E-state index contributed by atoms with van der Waals surface area (Å²) in [5.41, 5.74) is 0.925. The van der Waals surface area contributed by atoms with Crippen LogP contribution in [0.2, 0.25) is 0 Å². The molecule has 1 aromatic rings. The molecule has 1 rings (SSSR count). The largest absolute Gasteiger partial charge is 0.480 e. The predicted molar refractivity (Wildman–Crippen MR) is 56.6 cm³/mol. The Bertz CT molecular complexity index is 356. The molecule has 0 aromatic heterocycles. The van der Waals surface area contributed by atoms with E-state index in [1.54, 1.807) is 0 Å². The smallest absolute Gasteiger partial charge is 0.329 e. The van der Waals surface area contributed by atoms with E-state index >= 15 is 0 Å². The number of carbonyl (C=O) groups is 1. The Kier molecular flexibility index (Phi) is 3.98. The summed E-state index contributed by atoms with van der Waals surface area (Å²) in [5.74, 6) is -0.980. The van der Waals surface area contributed by atoms with E-state index in [1.165, 1.54) is 0 Å². The van der Waals surface area contributed by atoms with Gasteiger partial charge in [-0.2, -0.15) is 0 Å². The zero-order valence-corrected chi connectivity index (χ0v) is 8.20. The van der Waals surface area contributed by atoms with Crippen molar-refractivity contribution in [1.82, 2.24) is 0 Å². The Labute approximate surface area is 87.1 Å². The minimum absolute atomic E-state index is 0.347. The molecule has 1 N–H and O–H groups in total. The number of nitrogens with zero attached hydrogens (tertiary/aromatic N) is 1. The quantitative estimate of drug-likeness (QED) is 0.605. The second kappa shape index (κ2) is 5.27. The third-order valence-electron chi connectivity index (χ3n) is 1.77. The zero-order valence-electron chi connectivity index (χ0n) is 7.38. The molecule has 72 valence electrons. The number of benzene rings is 1. The average molecular weight is 207 g/mol. The van der Waals surface area contributed by atoms with E-state index in [0.717, 1.165) is 5.56 Å². The second-order valence-corrected chi connectivity index (χ2v) is 2.95. The minimum Gasteiger partial charge on any atom is -0.480 e. The number of hydrogen-bond donors (Lipinski definition) is 1. The third-order valence-corrected chi connectivity index (χ3v) is 1.87. The number of hydrogen-bond acceptors (Lipinski definition) is 3. The van der Waals surface area contributed by atoms with Crippen molar-refractivity contribution >= 4 is 23.3 Å². The molecule has 0 saturated heterocycles. The fraction of sp³-hybridized carbons (Fsp3) is 0.200. The molecular weight excluding hydrogens is 198 g/mol. The van der Waals surface area contributed by atoms with Gasteiger partial charge in [0.1, 0.15) is 0 Å². The van der Waals surface area contributed by atoms with E-state index in [9.17, 15) is 4.79 Å². The molecule has 0 radical (unpaired) electrons. The lowest BCUT2D eigenvalue weighted by Gasteiger charge is -2.04. The van der Waals surface area contributed by atoms with E-state index in [-0.39, 0.29) is 0 Å². The van der Waals surface area contributed by atoms with E-state index in [4.69, 9.17) is 5.11 Å². The van der Waals surface area contributed by atoms with Crippen molar-refractivity contribution in [3.05, 3.63) is 35.9 Å². The molecule has 4 heteroatoms. The van der Waals surface area contributed by atoms with Crippen molar-refractivity contribution in [1.29, 1.82) is 0 Å². The minimum atomic E-state index is -0.980. The summed E-state index contributed by atoms with van der Waals surface area (Å²) in [6.07, 6.45) is 0.347. The third kappa shape index (κ3) is 3.09. The van der Waals surface area contributed by atoms with E-state index in [2.05, 4.69) is 22.4 Å². The number of rotatable bonds is 4. The van der Waals surface area contributed by atoms with Gasteiger partial charge in [0.2, 0.25) is 0 Å². The highest BCUT2D eigenvalue weighted by molar-refractivity contribution is 7.78. The van der Waals surface area contributed by atoms with Crippen LogP contribution < -0.4 is 0 Å². The van der Waals surface area contributed by atoms with Crippen LogP contribution in [0.25, 0.3) is 0 Å². The van der Waals surface area contributed by atoms with Gasteiger partial charge in [-0.25, -0.2) is 9.79 Å². The Morgan fingerprint density at radius 2 is 2.14 bits per heavy atom. The van der Waals surface area contributed by atoms with Crippen LogP contribution in [-0.4, -0.2) is 22.3 Å². The topological polar surface area (TPSA) is 49.7 Å². The first-order valence-electron chi connectivity index (χ1n) is 4.07. The Morgan fingerprint density at radius 3 is 2.64 bits per heavy atom. The summed E-state index contributed by atoms with van der Waals surface area (Å²) in [7, 11) is 0. The first-order chi connectivity index (χ1) is 6.74. The Hall–Kier alpha value is -1.51. The fourth-order valence-corrected chi connectivity index (χ4v) is 1.22. The molecule has 1 atom stereocenters. The lowest BCUT2D eigenvalue weighted by molar-refractivity contribution is -0.138. The molecule has 0 bridgehead atoms. The molecule has 0 aliphatic heterocycles. The first kappa shape index (κ1) is 10.6. The number of carboxylic acids is 1. The maximum absolute atomic E-state index is 10.7. The second-order valence-electron chi connectivity index (χ2n) is 2.76. The van der Waals surface area contributed by atoms with E-state index in [1.807, 2.05) is 30.3 Å². The van der Waals surface area contributed by atoms with Crippen molar-refractivity contribution < 1.29 is 9.90 Å². The van der Waals surface area contributed by atoms with Gasteiger partial charge in [0.05, 0.1) is 5.16 Å². The summed E-state index contributed by atoms with van der Waals surface area (Å²) in [5, 5.41) is 10.9. The standard InChI is InChI=1S/C10H9NO2S/c12-10(13)9(11-7-14)6-8-4-2-1-3-5-8/h1-5,9H,6H2,(H,12,13)/t9-/m0/s1. The molecule has 0 saturated carbocycles. The lowest BCUT2D eigenvalue weighted by atomic mass is 10.1. The maximum atomic E-state index is 10.7. The number of aliphatic imine (C=N–C) groups is 1. The molecule has 0 aliphatic carbocycles. The van der Waals surface area contributed by atoms with Gasteiger partial charge in [0, 0.05) is 6.42 Å². The summed E-state index contributed by atoms with van der Waals surface area (Å²) in [6, 6.07) is 8.48. The zero-order chi connectivity index (χ0) is 10.4. The normalized spacial score (nSPS) is 11.4. The average Bonchev–Trinajstić information content (AvgIpc) is 2.18. The van der Waals surface area contributed by atoms with Crippen LogP contribution in [0.3, 0.4) is 0 Å². The first-order valence-corrected chi connectivity index (χ1v) is 4.48. The summed E-state index contributed by atoms with van der Waals surface area (Å²) < 4.78 is 0. The van der Waals surface area contributed by atoms with Crippen molar-refractivity contribution in [2.24, 2.45) is 4.99 Å². The van der Waals surface area contributed by atoms with Crippen LogP contribution in [-0.2, 0) is 11.2 Å². The highest BCUT2D eigenvalue weighted by Crippen LogP contribution is 2.05. The highest BCUT2D eigenvalue weighted by atomic mass is 32.1. The number of thiocarbonyl (C=S) groups is 1. The number of isothiocyanates is 1. The monoisotopic (exact) mass is 207 g/mol. The van der Waals surface area contributed by atoms with Crippen molar-refractivity contribution in [3.63, 3.8) is 0 Å². The fourth-order valence-electron chi connectivity index (χ4n) is 1.09. The highest BCUT2D eigenvalue weighted by Gasteiger charge is 2.15. The molecule has 0 amide bonds. The molecule has 3 nitrogen and oxygen atoms in total. The molecule has 1 aromatic carbocycles. The Balaban J connectivity index is 2.75. The van der Waals surface area contributed by atoms with E-state index < -0.39 is 12.0 Å². The molecule has 0 fully saturated rings. The van der Waals surface area contributed by atoms with Gasteiger partial charge < -0.3 is 5.11 Å². The van der Waals surface area contributed by atoms with Gasteiger partial charge in [-0.3, -0.25) is 0 Å². The van der Waals surface area contributed by atoms with Gasteiger partial charge in [0.25, 0.3) is 0 Å². The molecular formula is C10H9NO2S. The molecule has 14 heavy (non-hydrogen) atoms. The van der Waals surface area contributed by atoms with Gasteiger partial charge in [-0.05, 0) is 17.8 Å². The van der Waals surface area contributed by atoms with Crippen LogP contribution in [0.4, 0.5) is 0 Å². The molecule has 0 unspecified atom stereocenters. The summed E-state index contributed by atoms with van der Waals surface area (Å²) in [4.78, 5) is 14.3. The van der Waals surface area contributed by atoms with Crippen LogP contribution in [0, 0.1) is 0 Å². The van der Waals surface area contributed by atoms with Crippen molar-refractivity contribution in [3.8, 4) is 0 Å². The predicted octanol–water partition coefficient (Wildman–Crippen LogP) is 1.79. The van der Waals surface area contributed by atoms with Crippen LogP contribution in [0.1, 0.15) is 5.56 Å². The molecule has 0 heterocycles. The summed E-state index contributed by atoms with van der Waals surface area (Å²) in [6.45, 7) is 0. The van der Waals surface area contributed by atoms with Crippen molar-refractivity contribution in [2.75, 3.05) is 0 Å². The van der Waals surface area contributed by atoms with Crippen LogP contribution in [0.15, 0.2) is 35.3 Å². The number of aliphatic carboxylic acids is 1. The molecule has 0 aliphatic rings. The lowest BCUT2D eigenvalue weighted by Crippen LogP contribution is -2.20. The SMILES string of the molecule is O=C(O)[C@H](Cc1ccccc1)N=C=S.